The van der Waals surface area contributed by atoms with Gasteiger partial charge in [0, 0.05) is 5.56 Å². The predicted molar refractivity (Wildman–Crippen MR) is 116 cm³/mol. The van der Waals surface area contributed by atoms with Gasteiger partial charge in [0.2, 0.25) is 0 Å². The number of hydrogen-bond donors (Lipinski definition) is 2. The SMILES string of the molecule is COc1ccc(CONC(=O)c2nc(-c3ccc(Cl)c(OC)c3F)cc(N)c2Cl)cc1. The molecule has 3 N–H and O–H groups in total. The van der Waals surface area contributed by atoms with Crippen LogP contribution >= 0.6 is 23.2 Å². The molecule has 0 radical (unpaired) electrons. The first kappa shape index (κ1) is 22.6. The van der Waals surface area contributed by atoms with E-state index >= 15 is 0 Å². The average Bonchev–Trinajstić information content (AvgIpc) is 2.76. The molecule has 0 fully saturated rings. The number of nitrogens with one attached hydrogen (secondary N) is 1. The molecule has 0 bridgehead atoms. The molecule has 3 aromatic rings. The van der Waals surface area contributed by atoms with Crippen LogP contribution in [0.15, 0.2) is 42.5 Å². The number of benzene rings is 2. The highest BCUT2D eigenvalue weighted by atomic mass is 35.5. The van der Waals surface area contributed by atoms with Gasteiger partial charge in [-0.25, -0.2) is 14.9 Å². The third-order valence-electron chi connectivity index (χ3n) is 4.29. The van der Waals surface area contributed by atoms with Crippen LogP contribution in [-0.2, 0) is 11.4 Å². The number of carbonyl (C=O) groups is 1. The lowest BCUT2D eigenvalue weighted by atomic mass is 10.1. The minimum atomic E-state index is -0.744. The maximum absolute atomic E-state index is 14.8. The lowest BCUT2D eigenvalue weighted by molar-refractivity contribution is 0.0229. The number of nitrogens with two attached hydrogens (primary N) is 1. The summed E-state index contributed by atoms with van der Waals surface area (Å²) in [4.78, 5) is 21.9. The molecular formula is C21H18Cl2FN3O4. The summed E-state index contributed by atoms with van der Waals surface area (Å²) in [5.41, 5.74) is 8.90. The van der Waals surface area contributed by atoms with E-state index in [4.69, 9.17) is 43.2 Å². The lowest BCUT2D eigenvalue weighted by Gasteiger charge is -2.13. The fourth-order valence-electron chi connectivity index (χ4n) is 2.71. The third-order valence-corrected chi connectivity index (χ3v) is 4.99. The number of aromatic nitrogens is 1. The molecule has 3 rings (SSSR count). The molecule has 0 atom stereocenters. The Bertz CT molecular complexity index is 1110. The Kier molecular flexibility index (Phi) is 7.17. The molecular weight excluding hydrogens is 448 g/mol. The second kappa shape index (κ2) is 9.82. The van der Waals surface area contributed by atoms with E-state index in [-0.39, 0.29) is 45.0 Å². The van der Waals surface area contributed by atoms with Crippen LogP contribution in [0.4, 0.5) is 10.1 Å². The van der Waals surface area contributed by atoms with Gasteiger partial charge in [0.15, 0.2) is 17.3 Å². The zero-order valence-electron chi connectivity index (χ0n) is 16.5. The first-order valence-electron chi connectivity index (χ1n) is 8.89. The summed E-state index contributed by atoms with van der Waals surface area (Å²) in [6.07, 6.45) is 0. The fourth-order valence-corrected chi connectivity index (χ4v) is 3.12. The summed E-state index contributed by atoms with van der Waals surface area (Å²) in [7, 11) is 2.85. The molecule has 7 nitrogen and oxygen atoms in total. The highest BCUT2D eigenvalue weighted by Gasteiger charge is 2.21. The Morgan fingerprint density at radius 2 is 1.84 bits per heavy atom. The van der Waals surface area contributed by atoms with Crippen LogP contribution in [0, 0.1) is 5.82 Å². The van der Waals surface area contributed by atoms with Gasteiger partial charge in [-0.1, -0.05) is 35.3 Å². The summed E-state index contributed by atoms with van der Waals surface area (Å²) in [5, 5.41) is 0.00576. The van der Waals surface area contributed by atoms with E-state index in [0.717, 1.165) is 5.56 Å². The summed E-state index contributed by atoms with van der Waals surface area (Å²) in [6, 6.07) is 11.3. The van der Waals surface area contributed by atoms with Crippen molar-refractivity contribution in [2.45, 2.75) is 6.61 Å². The molecule has 2 aromatic carbocycles. The molecule has 31 heavy (non-hydrogen) atoms. The van der Waals surface area contributed by atoms with Crippen LogP contribution in [0.2, 0.25) is 10.0 Å². The van der Waals surface area contributed by atoms with Crippen molar-refractivity contribution in [3.63, 3.8) is 0 Å². The zero-order valence-corrected chi connectivity index (χ0v) is 18.1. The standard InChI is InChI=1S/C21H18Cl2FN3O4/c1-29-12-5-3-11(4-6-12)10-31-27-21(28)19-17(23)15(25)9-16(26-19)13-7-8-14(22)20(30-2)18(13)24/h3-9H,10H2,1-2H3,(H2,25,26)(H,27,28). The summed E-state index contributed by atoms with van der Waals surface area (Å²) < 4.78 is 24.8. The smallest absolute Gasteiger partial charge is 0.295 e. The molecule has 0 spiro atoms. The number of methoxy groups -OCH3 is 2. The number of halogens is 3. The molecule has 0 saturated carbocycles. The molecule has 0 aliphatic carbocycles. The van der Waals surface area contributed by atoms with E-state index in [1.165, 1.54) is 25.3 Å². The minimum Gasteiger partial charge on any atom is -0.497 e. The van der Waals surface area contributed by atoms with Crippen molar-refractivity contribution in [2.24, 2.45) is 0 Å². The maximum Gasteiger partial charge on any atom is 0.295 e. The van der Waals surface area contributed by atoms with Crippen LogP contribution in [0.1, 0.15) is 16.1 Å². The van der Waals surface area contributed by atoms with Crippen LogP contribution < -0.4 is 20.7 Å². The predicted octanol–water partition coefficient (Wildman–Crippen LogP) is 4.66. The van der Waals surface area contributed by atoms with Crippen molar-refractivity contribution in [1.29, 1.82) is 0 Å². The Hall–Kier alpha value is -3.07. The van der Waals surface area contributed by atoms with Crippen molar-refractivity contribution < 1.29 is 23.5 Å². The van der Waals surface area contributed by atoms with Gasteiger partial charge >= 0.3 is 0 Å². The number of nitrogens with zero attached hydrogens (tertiary/aromatic N) is 1. The first-order valence-corrected chi connectivity index (χ1v) is 9.64. The van der Waals surface area contributed by atoms with Gasteiger partial charge in [-0.05, 0) is 35.9 Å². The van der Waals surface area contributed by atoms with Gasteiger partial charge in [0.25, 0.3) is 5.91 Å². The summed E-state index contributed by atoms with van der Waals surface area (Å²) in [6.45, 7) is 0.0888. The molecule has 0 aliphatic rings. The van der Waals surface area contributed by atoms with Gasteiger partial charge in [-0.3, -0.25) is 9.63 Å². The molecule has 1 heterocycles. The van der Waals surface area contributed by atoms with Gasteiger partial charge in [0.05, 0.1) is 42.3 Å². The first-order chi connectivity index (χ1) is 14.8. The molecule has 1 aromatic heterocycles. The number of ether oxygens (including phenoxy) is 2. The number of pyridine rings is 1. The largest absolute Gasteiger partial charge is 0.497 e. The molecule has 0 saturated heterocycles. The Morgan fingerprint density at radius 3 is 2.48 bits per heavy atom. The zero-order chi connectivity index (χ0) is 22.5. The van der Waals surface area contributed by atoms with Gasteiger partial charge in [-0.15, -0.1) is 0 Å². The van der Waals surface area contributed by atoms with E-state index in [2.05, 4.69) is 10.5 Å². The Balaban J connectivity index is 1.81. The van der Waals surface area contributed by atoms with E-state index in [9.17, 15) is 9.18 Å². The van der Waals surface area contributed by atoms with Crippen molar-refractivity contribution in [2.75, 3.05) is 20.0 Å². The quantitative estimate of drug-likeness (QED) is 0.492. The monoisotopic (exact) mass is 465 g/mol. The second-order valence-corrected chi connectivity index (χ2v) is 7.05. The maximum atomic E-state index is 14.8. The number of anilines is 1. The Morgan fingerprint density at radius 1 is 1.13 bits per heavy atom. The topological polar surface area (TPSA) is 95.7 Å². The van der Waals surface area contributed by atoms with E-state index in [1.54, 1.807) is 31.4 Å². The van der Waals surface area contributed by atoms with Crippen molar-refractivity contribution in [3.8, 4) is 22.8 Å². The fraction of sp³-hybridized carbons (Fsp3) is 0.143. The lowest BCUT2D eigenvalue weighted by Crippen LogP contribution is -2.25. The van der Waals surface area contributed by atoms with Crippen molar-refractivity contribution >= 4 is 34.8 Å². The van der Waals surface area contributed by atoms with Crippen molar-refractivity contribution in [1.82, 2.24) is 10.5 Å². The van der Waals surface area contributed by atoms with Crippen LogP contribution in [0.25, 0.3) is 11.3 Å². The van der Waals surface area contributed by atoms with Crippen LogP contribution in [0.3, 0.4) is 0 Å². The molecule has 162 valence electrons. The van der Waals surface area contributed by atoms with Gasteiger partial charge in [-0.2, -0.15) is 0 Å². The summed E-state index contributed by atoms with van der Waals surface area (Å²) >= 11 is 12.1. The third kappa shape index (κ3) is 4.99. The number of hydrogen-bond acceptors (Lipinski definition) is 6. The van der Waals surface area contributed by atoms with Gasteiger partial charge < -0.3 is 15.2 Å². The molecule has 1 amide bonds. The van der Waals surface area contributed by atoms with E-state index < -0.39 is 11.7 Å². The number of amides is 1. The van der Waals surface area contributed by atoms with Crippen molar-refractivity contribution in [3.05, 3.63) is 69.6 Å². The minimum absolute atomic E-state index is 0.0396. The van der Waals surface area contributed by atoms with Gasteiger partial charge in [0.1, 0.15) is 5.75 Å². The highest BCUT2D eigenvalue weighted by Crippen LogP contribution is 2.36. The molecule has 0 unspecified atom stereocenters. The normalized spacial score (nSPS) is 10.6. The molecule has 10 heteroatoms. The van der Waals surface area contributed by atoms with Crippen LogP contribution in [0.5, 0.6) is 11.5 Å². The second-order valence-electron chi connectivity index (χ2n) is 6.27. The number of hydroxylamine groups is 1. The number of nitrogen functional groups attached to an aromatic ring is 1. The Labute approximate surface area is 187 Å². The van der Waals surface area contributed by atoms with E-state index in [1.807, 2.05) is 0 Å². The summed E-state index contributed by atoms with van der Waals surface area (Å²) in [5.74, 6) is -0.940. The van der Waals surface area contributed by atoms with E-state index in [0.29, 0.717) is 5.75 Å². The average molecular weight is 466 g/mol. The molecule has 0 aliphatic heterocycles. The number of carbonyl (C=O) groups excluding carboxylic acids is 1. The highest BCUT2D eigenvalue weighted by molar-refractivity contribution is 6.36. The van der Waals surface area contributed by atoms with Crippen LogP contribution in [-0.4, -0.2) is 25.1 Å². The number of rotatable bonds is 7.